The summed E-state index contributed by atoms with van der Waals surface area (Å²) in [5.41, 5.74) is 2.34. The molecule has 180 valence electrons. The van der Waals surface area contributed by atoms with Crippen molar-refractivity contribution in [2.24, 2.45) is 0 Å². The largest absolute Gasteiger partial charge is 0.481 e. The Morgan fingerprint density at radius 2 is 1.97 bits per heavy atom. The average Bonchev–Trinajstić information content (AvgIpc) is 3.49. The first-order valence-electron chi connectivity index (χ1n) is 10.9. The van der Waals surface area contributed by atoms with Crippen LogP contribution in [-0.2, 0) is 16.0 Å². The zero-order valence-electron chi connectivity index (χ0n) is 19.0. The molecule has 0 saturated carbocycles. The SMILES string of the molecule is Cc1noc(C#Cc2nc3nc(CCCCC(=O)O)sc3s2)c1NC(=O)OC(C)c1ccccc1. The Bertz CT molecular complexity index is 1370. The summed E-state index contributed by atoms with van der Waals surface area (Å²) in [6.45, 7) is 3.49. The van der Waals surface area contributed by atoms with Crippen molar-refractivity contribution < 1.29 is 24.0 Å². The van der Waals surface area contributed by atoms with Gasteiger partial charge in [-0.25, -0.2) is 14.8 Å². The maximum Gasteiger partial charge on any atom is 0.412 e. The number of nitrogens with zero attached hydrogens (tertiary/aromatic N) is 3. The van der Waals surface area contributed by atoms with Crippen molar-refractivity contribution in [2.75, 3.05) is 5.32 Å². The fourth-order valence-corrected chi connectivity index (χ4v) is 5.25. The molecule has 1 atom stereocenters. The van der Waals surface area contributed by atoms with Gasteiger partial charge in [-0.05, 0) is 50.5 Å². The third-order valence-corrected chi connectivity index (χ3v) is 7.13. The van der Waals surface area contributed by atoms with E-state index in [9.17, 15) is 9.59 Å². The first-order valence-corrected chi connectivity index (χ1v) is 12.5. The molecular weight excluding hydrogens is 488 g/mol. The third-order valence-electron chi connectivity index (χ3n) is 4.98. The van der Waals surface area contributed by atoms with E-state index in [1.165, 1.54) is 22.7 Å². The molecule has 3 aromatic heterocycles. The van der Waals surface area contributed by atoms with E-state index >= 15 is 0 Å². The molecule has 9 nitrogen and oxygen atoms in total. The van der Waals surface area contributed by atoms with Gasteiger partial charge in [-0.2, -0.15) is 0 Å². The normalized spacial score (nSPS) is 11.6. The molecule has 0 saturated heterocycles. The molecule has 11 heteroatoms. The lowest BCUT2D eigenvalue weighted by atomic mass is 10.1. The van der Waals surface area contributed by atoms with E-state index in [1.54, 1.807) is 13.8 Å². The van der Waals surface area contributed by atoms with Crippen molar-refractivity contribution in [2.45, 2.75) is 45.6 Å². The van der Waals surface area contributed by atoms with E-state index in [-0.39, 0.29) is 12.2 Å². The van der Waals surface area contributed by atoms with Gasteiger partial charge < -0.3 is 14.4 Å². The van der Waals surface area contributed by atoms with Crippen molar-refractivity contribution in [3.05, 3.63) is 57.4 Å². The average molecular weight is 511 g/mol. The number of carbonyl (C=O) groups is 2. The minimum absolute atomic E-state index is 0.166. The van der Waals surface area contributed by atoms with Crippen molar-refractivity contribution in [3.8, 4) is 11.8 Å². The number of benzene rings is 1. The molecule has 0 aliphatic rings. The Morgan fingerprint density at radius 1 is 1.17 bits per heavy atom. The first kappa shape index (κ1) is 24.4. The number of aromatic nitrogens is 3. The minimum atomic E-state index is -0.783. The van der Waals surface area contributed by atoms with Gasteiger partial charge in [-0.15, -0.1) is 11.3 Å². The van der Waals surface area contributed by atoms with Crippen LogP contribution in [0.3, 0.4) is 0 Å². The quantitative estimate of drug-likeness (QED) is 0.233. The summed E-state index contributed by atoms with van der Waals surface area (Å²) >= 11 is 2.96. The summed E-state index contributed by atoms with van der Waals surface area (Å²) in [7, 11) is 0. The second-order valence-electron chi connectivity index (χ2n) is 7.64. The number of ether oxygens (including phenoxy) is 1. The Hall–Kier alpha value is -3.75. The van der Waals surface area contributed by atoms with Crippen LogP contribution in [0.1, 0.15) is 59.3 Å². The number of aryl methyl sites for hydroxylation is 2. The van der Waals surface area contributed by atoms with Crippen LogP contribution in [0, 0.1) is 18.8 Å². The molecule has 0 aliphatic heterocycles. The second kappa shape index (κ2) is 11.1. The van der Waals surface area contributed by atoms with E-state index in [4.69, 9.17) is 14.4 Å². The Labute approximate surface area is 209 Å². The molecule has 0 spiro atoms. The molecule has 1 unspecified atom stereocenters. The number of carboxylic acid groups (broad SMARTS) is 1. The highest BCUT2D eigenvalue weighted by atomic mass is 32.2. The Kier molecular flexibility index (Phi) is 7.74. The number of nitrogens with one attached hydrogen (secondary N) is 1. The predicted molar refractivity (Wildman–Crippen MR) is 133 cm³/mol. The van der Waals surface area contributed by atoms with Crippen LogP contribution < -0.4 is 5.32 Å². The number of anilines is 1. The predicted octanol–water partition coefficient (Wildman–Crippen LogP) is 5.56. The zero-order valence-corrected chi connectivity index (χ0v) is 20.7. The van der Waals surface area contributed by atoms with Gasteiger partial charge in [-0.3, -0.25) is 10.1 Å². The van der Waals surface area contributed by atoms with Crippen LogP contribution in [0.4, 0.5) is 10.5 Å². The van der Waals surface area contributed by atoms with Crippen molar-refractivity contribution >= 4 is 50.1 Å². The van der Waals surface area contributed by atoms with Gasteiger partial charge in [0.25, 0.3) is 0 Å². The van der Waals surface area contributed by atoms with Crippen molar-refractivity contribution in [3.63, 3.8) is 0 Å². The van der Waals surface area contributed by atoms with Gasteiger partial charge in [0, 0.05) is 6.42 Å². The number of fused-ring (bicyclic) bond motifs is 1. The number of carboxylic acids is 1. The highest BCUT2D eigenvalue weighted by Gasteiger charge is 2.18. The lowest BCUT2D eigenvalue weighted by Crippen LogP contribution is -2.16. The summed E-state index contributed by atoms with van der Waals surface area (Å²) in [6.07, 6.45) is 1.23. The fraction of sp³-hybridized carbons (Fsp3) is 0.292. The summed E-state index contributed by atoms with van der Waals surface area (Å²) in [6, 6.07) is 9.43. The summed E-state index contributed by atoms with van der Waals surface area (Å²) in [5, 5.41) is 16.8. The number of hydrogen-bond donors (Lipinski definition) is 2. The topological polar surface area (TPSA) is 127 Å². The monoisotopic (exact) mass is 510 g/mol. The maximum absolute atomic E-state index is 12.4. The van der Waals surface area contributed by atoms with Crippen LogP contribution in [-0.4, -0.2) is 32.3 Å². The molecule has 0 fully saturated rings. The molecule has 4 aromatic rings. The fourth-order valence-electron chi connectivity index (χ4n) is 3.19. The molecule has 0 bridgehead atoms. The molecule has 0 radical (unpaired) electrons. The molecule has 1 amide bonds. The highest BCUT2D eigenvalue weighted by Crippen LogP contribution is 2.29. The maximum atomic E-state index is 12.4. The zero-order chi connectivity index (χ0) is 24.8. The van der Waals surface area contributed by atoms with Gasteiger partial charge >= 0.3 is 12.1 Å². The number of thiazole rings is 2. The van der Waals surface area contributed by atoms with E-state index in [0.29, 0.717) is 28.5 Å². The second-order valence-corrected chi connectivity index (χ2v) is 9.98. The van der Waals surface area contributed by atoms with Crippen LogP contribution in [0.2, 0.25) is 0 Å². The number of hydrogen-bond acceptors (Lipinski definition) is 9. The first-order chi connectivity index (χ1) is 16.9. The van der Waals surface area contributed by atoms with E-state index in [1.807, 2.05) is 30.3 Å². The lowest BCUT2D eigenvalue weighted by Gasteiger charge is -2.13. The van der Waals surface area contributed by atoms with E-state index in [2.05, 4.69) is 32.3 Å². The molecule has 1 aromatic carbocycles. The van der Waals surface area contributed by atoms with Crippen molar-refractivity contribution in [1.82, 2.24) is 15.1 Å². The number of aliphatic carboxylic acids is 1. The van der Waals surface area contributed by atoms with Crippen LogP contribution in [0.5, 0.6) is 0 Å². The third kappa shape index (κ3) is 6.44. The number of unbranched alkanes of at least 4 members (excludes halogenated alkanes) is 1. The van der Waals surface area contributed by atoms with Gasteiger partial charge in [0.2, 0.25) is 5.76 Å². The smallest absolute Gasteiger partial charge is 0.412 e. The van der Waals surface area contributed by atoms with Crippen molar-refractivity contribution in [1.29, 1.82) is 0 Å². The molecule has 4 rings (SSSR count). The minimum Gasteiger partial charge on any atom is -0.481 e. The van der Waals surface area contributed by atoms with E-state index in [0.717, 1.165) is 27.4 Å². The van der Waals surface area contributed by atoms with Gasteiger partial charge in [0.15, 0.2) is 10.7 Å². The Balaban J connectivity index is 1.39. The highest BCUT2D eigenvalue weighted by molar-refractivity contribution is 7.38. The Morgan fingerprint density at radius 3 is 2.71 bits per heavy atom. The molecular formula is C24H22N4O5S2. The summed E-state index contributed by atoms with van der Waals surface area (Å²) in [5.74, 6) is 5.25. The molecule has 35 heavy (non-hydrogen) atoms. The summed E-state index contributed by atoms with van der Waals surface area (Å²) < 4.78 is 11.7. The van der Waals surface area contributed by atoms with Crippen LogP contribution in [0.25, 0.3) is 9.66 Å². The number of carbonyl (C=O) groups excluding carboxylic acids is 1. The van der Waals surface area contributed by atoms with E-state index < -0.39 is 18.2 Å². The molecule has 0 aliphatic carbocycles. The van der Waals surface area contributed by atoms with Gasteiger partial charge in [0.1, 0.15) is 21.5 Å². The van der Waals surface area contributed by atoms with Gasteiger partial charge in [-0.1, -0.05) is 46.8 Å². The molecule has 2 N–H and O–H groups in total. The summed E-state index contributed by atoms with van der Waals surface area (Å²) in [4.78, 5) is 32.0. The molecule has 3 heterocycles. The van der Waals surface area contributed by atoms with Crippen LogP contribution >= 0.6 is 22.7 Å². The number of rotatable bonds is 8. The standard InChI is InChI=1S/C24H22N4O5S2/c1-14-21(27-24(31)32-15(2)16-8-4-3-5-9-16)17(33-28-14)12-13-19-26-22-23(35-19)34-18(25-22)10-6-7-11-20(29)30/h3-5,8-9,15H,6-7,10-11H2,1-2H3,(H,27,31)(H,29,30). The number of amides is 1. The van der Waals surface area contributed by atoms with Gasteiger partial charge in [0.05, 0.1) is 5.01 Å². The lowest BCUT2D eigenvalue weighted by molar-refractivity contribution is -0.137. The van der Waals surface area contributed by atoms with Crippen LogP contribution in [0.15, 0.2) is 34.9 Å².